The number of benzene rings is 2. The highest BCUT2D eigenvalue weighted by atomic mass is 35.5. The molecule has 0 aliphatic rings. The summed E-state index contributed by atoms with van der Waals surface area (Å²) in [7, 11) is 0. The van der Waals surface area contributed by atoms with Crippen molar-refractivity contribution in [1.29, 1.82) is 0 Å². The monoisotopic (exact) mass is 309 g/mol. The lowest BCUT2D eigenvalue weighted by Gasteiger charge is -2.21. The van der Waals surface area contributed by atoms with Crippen LogP contribution in [0.1, 0.15) is 37.8 Å². The highest BCUT2D eigenvalue weighted by Crippen LogP contribution is 2.32. The lowest BCUT2D eigenvalue weighted by atomic mass is 10.0. The Morgan fingerprint density at radius 3 is 2.48 bits per heavy atom. The first-order chi connectivity index (χ1) is 10.1. The molecule has 2 rings (SSSR count). The number of rotatable bonds is 6. The van der Waals surface area contributed by atoms with Crippen molar-refractivity contribution in [3.63, 3.8) is 0 Å². The molecule has 21 heavy (non-hydrogen) atoms. The molecular weight excluding hydrogens is 292 g/mol. The molecule has 0 bridgehead atoms. The predicted octanol–water partition coefficient (Wildman–Crippen LogP) is 5.96. The zero-order chi connectivity index (χ0) is 15.2. The average Bonchev–Trinajstić information content (AvgIpc) is 2.46. The summed E-state index contributed by atoms with van der Waals surface area (Å²) >= 11 is 5.96. The van der Waals surface area contributed by atoms with Crippen LogP contribution in [-0.4, -0.2) is 0 Å². The van der Waals surface area contributed by atoms with Gasteiger partial charge in [0.1, 0.15) is 5.82 Å². The molecule has 0 aliphatic carbocycles. The van der Waals surface area contributed by atoms with Crippen LogP contribution < -0.4 is 5.32 Å². The summed E-state index contributed by atoms with van der Waals surface area (Å²) < 4.78 is 27.0. The van der Waals surface area contributed by atoms with Crippen molar-refractivity contribution in [2.45, 2.75) is 32.2 Å². The number of hydrogen-bond donors (Lipinski definition) is 1. The van der Waals surface area contributed by atoms with Crippen LogP contribution in [-0.2, 0) is 0 Å². The minimum absolute atomic E-state index is 0.0522. The minimum Gasteiger partial charge on any atom is -0.375 e. The number of unbranched alkanes of at least 4 members (excludes halogenated alkanes) is 1. The van der Waals surface area contributed by atoms with E-state index in [0.717, 1.165) is 37.0 Å². The van der Waals surface area contributed by atoms with Gasteiger partial charge in [-0.05, 0) is 18.1 Å². The van der Waals surface area contributed by atoms with Crippen molar-refractivity contribution in [1.82, 2.24) is 0 Å². The van der Waals surface area contributed by atoms with E-state index in [-0.39, 0.29) is 16.8 Å². The van der Waals surface area contributed by atoms with Gasteiger partial charge >= 0.3 is 0 Å². The van der Waals surface area contributed by atoms with Crippen molar-refractivity contribution >= 4 is 17.3 Å². The molecule has 4 heteroatoms. The van der Waals surface area contributed by atoms with Gasteiger partial charge in [-0.1, -0.05) is 61.7 Å². The van der Waals surface area contributed by atoms with E-state index in [0.29, 0.717) is 0 Å². The Labute approximate surface area is 128 Å². The minimum atomic E-state index is -0.673. The second-order valence-corrected chi connectivity index (χ2v) is 5.40. The Morgan fingerprint density at radius 1 is 1.14 bits per heavy atom. The van der Waals surface area contributed by atoms with E-state index in [9.17, 15) is 8.78 Å². The van der Waals surface area contributed by atoms with Crippen molar-refractivity contribution in [2.24, 2.45) is 0 Å². The van der Waals surface area contributed by atoms with Gasteiger partial charge < -0.3 is 5.32 Å². The molecule has 0 saturated heterocycles. The molecule has 1 unspecified atom stereocenters. The largest absolute Gasteiger partial charge is 0.375 e. The topological polar surface area (TPSA) is 12.0 Å². The summed E-state index contributed by atoms with van der Waals surface area (Å²) in [5.41, 5.74) is 1.22. The van der Waals surface area contributed by atoms with E-state index in [1.807, 2.05) is 30.3 Å². The van der Waals surface area contributed by atoms with Crippen molar-refractivity contribution in [2.75, 3.05) is 5.32 Å². The fourth-order valence-electron chi connectivity index (χ4n) is 2.27. The summed E-state index contributed by atoms with van der Waals surface area (Å²) in [6, 6.07) is 11.7. The summed E-state index contributed by atoms with van der Waals surface area (Å²) in [5, 5.41) is 3.18. The van der Waals surface area contributed by atoms with Crippen LogP contribution in [0.15, 0.2) is 42.5 Å². The van der Waals surface area contributed by atoms with Gasteiger partial charge in [-0.3, -0.25) is 0 Å². The van der Waals surface area contributed by atoms with Crippen LogP contribution in [0.25, 0.3) is 0 Å². The molecule has 0 spiro atoms. The maximum absolute atomic E-state index is 13.9. The molecule has 112 valence electrons. The summed E-state index contributed by atoms with van der Waals surface area (Å²) in [5.74, 6) is -1.34. The van der Waals surface area contributed by atoms with Gasteiger partial charge in [0.25, 0.3) is 0 Å². The molecule has 1 nitrogen and oxygen atoms in total. The van der Waals surface area contributed by atoms with Gasteiger partial charge in [0, 0.05) is 6.07 Å². The van der Waals surface area contributed by atoms with Gasteiger partial charge in [-0.2, -0.15) is 0 Å². The molecule has 1 atom stereocenters. The smallest absolute Gasteiger partial charge is 0.150 e. The normalized spacial score (nSPS) is 12.2. The fourth-order valence-corrected chi connectivity index (χ4v) is 2.52. The quantitative estimate of drug-likeness (QED) is 0.694. The molecule has 2 aromatic carbocycles. The van der Waals surface area contributed by atoms with E-state index < -0.39 is 11.6 Å². The zero-order valence-corrected chi connectivity index (χ0v) is 12.6. The zero-order valence-electron chi connectivity index (χ0n) is 11.9. The third kappa shape index (κ3) is 4.18. The van der Waals surface area contributed by atoms with Crippen LogP contribution in [0.2, 0.25) is 5.02 Å². The maximum Gasteiger partial charge on any atom is 0.150 e. The molecule has 0 heterocycles. The summed E-state index contributed by atoms with van der Waals surface area (Å²) in [6.45, 7) is 2.10. The first-order valence-corrected chi connectivity index (χ1v) is 7.45. The van der Waals surface area contributed by atoms with Crippen LogP contribution in [0.5, 0.6) is 0 Å². The Morgan fingerprint density at radius 2 is 1.86 bits per heavy atom. The second kappa shape index (κ2) is 7.41. The Bertz CT molecular complexity index is 564. The maximum atomic E-state index is 13.9. The van der Waals surface area contributed by atoms with Crippen molar-refractivity contribution in [3.05, 3.63) is 64.7 Å². The highest BCUT2D eigenvalue weighted by molar-refractivity contribution is 6.33. The molecule has 1 N–H and O–H groups in total. The SMILES string of the molecule is CCCCC(Nc1c(F)cc(F)cc1Cl)c1ccccc1. The van der Waals surface area contributed by atoms with Crippen LogP contribution in [0.3, 0.4) is 0 Å². The third-order valence-corrected chi connectivity index (χ3v) is 3.67. The van der Waals surface area contributed by atoms with E-state index in [4.69, 9.17) is 11.6 Å². The van der Waals surface area contributed by atoms with Gasteiger partial charge in [-0.25, -0.2) is 8.78 Å². The van der Waals surface area contributed by atoms with E-state index in [1.165, 1.54) is 0 Å². The first kappa shape index (κ1) is 15.8. The lowest BCUT2D eigenvalue weighted by Crippen LogP contribution is -2.12. The first-order valence-electron chi connectivity index (χ1n) is 7.08. The molecule has 0 radical (unpaired) electrons. The highest BCUT2D eigenvalue weighted by Gasteiger charge is 2.16. The molecular formula is C17H18ClF2N. The number of nitrogens with one attached hydrogen (secondary N) is 1. The van der Waals surface area contributed by atoms with Gasteiger partial charge in [0.2, 0.25) is 0 Å². The van der Waals surface area contributed by atoms with E-state index >= 15 is 0 Å². The Balaban J connectivity index is 2.27. The van der Waals surface area contributed by atoms with Gasteiger partial charge in [-0.15, -0.1) is 0 Å². The summed E-state index contributed by atoms with van der Waals surface area (Å²) in [4.78, 5) is 0. The molecule has 0 aromatic heterocycles. The molecule has 2 aromatic rings. The standard InChI is InChI=1S/C17H18ClF2N/c1-2-3-9-16(12-7-5-4-6-8-12)21-17-14(18)10-13(19)11-15(17)20/h4-8,10-11,16,21H,2-3,9H2,1H3. The Hall–Kier alpha value is -1.61. The predicted molar refractivity (Wildman–Crippen MR) is 83.7 cm³/mol. The average molecular weight is 310 g/mol. The van der Waals surface area contributed by atoms with Crippen molar-refractivity contribution in [3.8, 4) is 0 Å². The van der Waals surface area contributed by atoms with Crippen LogP contribution in [0, 0.1) is 11.6 Å². The number of anilines is 1. The molecule has 0 amide bonds. The molecule has 0 aliphatic heterocycles. The fraction of sp³-hybridized carbons (Fsp3) is 0.294. The van der Waals surface area contributed by atoms with Crippen LogP contribution >= 0.6 is 11.6 Å². The molecule has 0 fully saturated rings. The molecule has 0 saturated carbocycles. The number of hydrogen-bond acceptors (Lipinski definition) is 1. The van der Waals surface area contributed by atoms with E-state index in [2.05, 4.69) is 12.2 Å². The third-order valence-electron chi connectivity index (χ3n) is 3.37. The van der Waals surface area contributed by atoms with Gasteiger partial charge in [0.15, 0.2) is 5.82 Å². The number of halogens is 3. The Kier molecular flexibility index (Phi) is 5.57. The van der Waals surface area contributed by atoms with E-state index in [1.54, 1.807) is 0 Å². The summed E-state index contributed by atoms with van der Waals surface area (Å²) in [6.07, 6.45) is 2.91. The van der Waals surface area contributed by atoms with Crippen molar-refractivity contribution < 1.29 is 8.78 Å². The lowest BCUT2D eigenvalue weighted by molar-refractivity contribution is 0.578. The van der Waals surface area contributed by atoms with Gasteiger partial charge in [0.05, 0.1) is 16.8 Å². The van der Waals surface area contributed by atoms with Crippen LogP contribution in [0.4, 0.5) is 14.5 Å². The second-order valence-electron chi connectivity index (χ2n) is 4.99.